The van der Waals surface area contributed by atoms with Crippen molar-refractivity contribution in [2.24, 2.45) is 11.7 Å². The normalized spacial score (nSPS) is 17.2. The minimum Gasteiger partial charge on any atom is -0.331 e. The average molecular weight is 346 g/mol. The molecule has 0 aliphatic heterocycles. The topological polar surface area (TPSA) is 53.7 Å². The molecular weight excluding hydrogens is 302 g/mol. The Balaban J connectivity index is 0.000000620. The minimum absolute atomic E-state index is 0.244. The van der Waals surface area contributed by atoms with E-state index in [2.05, 4.69) is 13.8 Å². The van der Waals surface area contributed by atoms with Gasteiger partial charge in [-0.05, 0) is 19.3 Å². The lowest BCUT2D eigenvalue weighted by Crippen LogP contribution is -2.42. The molecule has 0 aromatic carbocycles. The summed E-state index contributed by atoms with van der Waals surface area (Å²) in [4.78, 5) is 0. The van der Waals surface area contributed by atoms with Gasteiger partial charge in [-0.2, -0.15) is 0 Å². The third kappa shape index (κ3) is 9.97. The van der Waals surface area contributed by atoms with Crippen molar-refractivity contribution in [3.63, 3.8) is 0 Å². The van der Waals surface area contributed by atoms with E-state index in [1.807, 2.05) is 0 Å². The zero-order chi connectivity index (χ0) is 18.3. The number of rotatable bonds is 11. The summed E-state index contributed by atoms with van der Waals surface area (Å²) in [5.41, 5.74) is 5.63. The van der Waals surface area contributed by atoms with Gasteiger partial charge in [-0.15, -0.1) is 0 Å². The van der Waals surface area contributed by atoms with Crippen LogP contribution in [-0.2, 0) is 14.2 Å². The molecule has 0 heterocycles. The van der Waals surface area contributed by atoms with Crippen molar-refractivity contribution in [3.8, 4) is 0 Å². The molecule has 0 spiro atoms. The highest BCUT2D eigenvalue weighted by Gasteiger charge is 2.36. The lowest BCUT2D eigenvalue weighted by atomic mass is 9.97. The fourth-order valence-corrected chi connectivity index (χ4v) is 3.40. The second-order valence-corrected chi connectivity index (χ2v) is 7.07. The van der Waals surface area contributed by atoms with Crippen LogP contribution in [0.25, 0.3) is 0 Å². The van der Waals surface area contributed by atoms with E-state index in [9.17, 15) is 0 Å². The largest absolute Gasteiger partial charge is 0.331 e. The number of hydrogen-bond donors (Lipinski definition) is 1. The molecule has 1 rings (SSSR count). The van der Waals surface area contributed by atoms with Crippen LogP contribution in [0.1, 0.15) is 90.9 Å². The summed E-state index contributed by atoms with van der Waals surface area (Å²) in [6, 6.07) is 0.536. The van der Waals surface area contributed by atoms with E-state index < -0.39 is 5.97 Å². The van der Waals surface area contributed by atoms with Gasteiger partial charge in [0, 0.05) is 33.3 Å². The summed E-state index contributed by atoms with van der Waals surface area (Å²) >= 11 is 0. The monoisotopic (exact) mass is 345 g/mol. The van der Waals surface area contributed by atoms with E-state index in [-0.39, 0.29) is 5.92 Å². The Morgan fingerprint density at radius 1 is 0.875 bits per heavy atom. The van der Waals surface area contributed by atoms with Crippen LogP contribution in [-0.4, -0.2) is 33.3 Å². The van der Waals surface area contributed by atoms with E-state index in [1.165, 1.54) is 70.6 Å². The van der Waals surface area contributed by atoms with Crippen LogP contribution in [0.5, 0.6) is 0 Å². The van der Waals surface area contributed by atoms with Gasteiger partial charge in [0.25, 0.3) is 5.97 Å². The Morgan fingerprint density at radius 3 is 1.79 bits per heavy atom. The van der Waals surface area contributed by atoms with Gasteiger partial charge in [-0.25, -0.2) is 0 Å². The molecule has 0 aromatic heterocycles. The van der Waals surface area contributed by atoms with Crippen LogP contribution >= 0.6 is 0 Å². The molecule has 4 heteroatoms. The number of methoxy groups -OCH3 is 3. The fraction of sp³-hybridized carbons (Fsp3) is 1.00. The van der Waals surface area contributed by atoms with E-state index >= 15 is 0 Å². The molecule has 24 heavy (non-hydrogen) atoms. The summed E-state index contributed by atoms with van der Waals surface area (Å²) in [7, 11) is 4.89. The zero-order valence-corrected chi connectivity index (χ0v) is 16.9. The number of unbranched alkanes of at least 4 members (excludes halogenated alkanes) is 5. The summed E-state index contributed by atoms with van der Waals surface area (Å²) in [6.45, 7) is 4.36. The maximum atomic E-state index is 5.63. The molecule has 0 aromatic rings. The van der Waals surface area contributed by atoms with Crippen LogP contribution in [0, 0.1) is 5.92 Å². The summed E-state index contributed by atoms with van der Waals surface area (Å²) in [5.74, 6) is -0.627. The first kappa shape index (κ1) is 23.8. The first-order valence-electron chi connectivity index (χ1n) is 9.97. The van der Waals surface area contributed by atoms with Gasteiger partial charge in [0.05, 0.1) is 0 Å². The second kappa shape index (κ2) is 15.1. The number of nitrogens with two attached hydrogens (primary N) is 1. The summed E-state index contributed by atoms with van der Waals surface area (Å²) in [6.07, 6.45) is 15.6. The average Bonchev–Trinajstić information content (AvgIpc) is 2.61. The molecule has 0 saturated heterocycles. The molecule has 1 atom stereocenters. The predicted octanol–water partition coefficient (Wildman–Crippen LogP) is 5.24. The molecule has 0 bridgehead atoms. The van der Waals surface area contributed by atoms with Gasteiger partial charge >= 0.3 is 0 Å². The standard InChI is InChI=1S/C14H30O3.C6H13N/c1-6-7-8-9-10-11-12-13(2)14(15-3,16-4)17-5;7-6-4-2-1-3-5-6/h13H,6-12H2,1-5H3;6H,1-5,7H2. The molecule has 1 aliphatic carbocycles. The maximum absolute atomic E-state index is 5.63. The van der Waals surface area contributed by atoms with Gasteiger partial charge in [-0.1, -0.05) is 71.6 Å². The van der Waals surface area contributed by atoms with E-state index in [4.69, 9.17) is 19.9 Å². The Labute approximate surface area is 150 Å². The quantitative estimate of drug-likeness (QED) is 0.411. The second-order valence-electron chi connectivity index (χ2n) is 7.07. The third-order valence-corrected chi connectivity index (χ3v) is 5.10. The van der Waals surface area contributed by atoms with E-state index in [1.54, 1.807) is 21.3 Å². The predicted molar refractivity (Wildman–Crippen MR) is 102 cm³/mol. The van der Waals surface area contributed by atoms with Gasteiger partial charge in [0.15, 0.2) is 0 Å². The first-order chi connectivity index (χ1) is 11.6. The molecule has 1 aliphatic rings. The van der Waals surface area contributed by atoms with Gasteiger partial charge < -0.3 is 19.9 Å². The Hall–Kier alpha value is -0.160. The lowest BCUT2D eigenvalue weighted by Gasteiger charge is -2.34. The molecule has 4 nitrogen and oxygen atoms in total. The molecule has 1 unspecified atom stereocenters. The molecule has 2 N–H and O–H groups in total. The van der Waals surface area contributed by atoms with Gasteiger partial charge in [0.1, 0.15) is 0 Å². The molecule has 146 valence electrons. The number of hydrogen-bond acceptors (Lipinski definition) is 4. The van der Waals surface area contributed by atoms with Crippen molar-refractivity contribution < 1.29 is 14.2 Å². The van der Waals surface area contributed by atoms with Gasteiger partial charge in [0.2, 0.25) is 0 Å². The van der Waals surface area contributed by atoms with Crippen molar-refractivity contribution in [2.75, 3.05) is 21.3 Å². The van der Waals surface area contributed by atoms with Crippen molar-refractivity contribution in [3.05, 3.63) is 0 Å². The summed E-state index contributed by atoms with van der Waals surface area (Å²) < 4.78 is 16.0. The van der Waals surface area contributed by atoms with Crippen LogP contribution in [0.2, 0.25) is 0 Å². The maximum Gasteiger partial charge on any atom is 0.284 e. The molecule has 1 saturated carbocycles. The number of ether oxygens (including phenoxy) is 3. The van der Waals surface area contributed by atoms with Crippen molar-refractivity contribution in [2.45, 2.75) is 103 Å². The minimum atomic E-state index is -0.872. The Kier molecular flexibility index (Phi) is 15.0. The fourth-order valence-electron chi connectivity index (χ4n) is 3.40. The van der Waals surface area contributed by atoms with Gasteiger partial charge in [-0.3, -0.25) is 0 Å². The third-order valence-electron chi connectivity index (χ3n) is 5.10. The highest BCUT2D eigenvalue weighted by Crippen LogP contribution is 2.28. The first-order valence-corrected chi connectivity index (χ1v) is 9.97. The van der Waals surface area contributed by atoms with E-state index in [0.29, 0.717) is 6.04 Å². The molecule has 0 radical (unpaired) electrons. The zero-order valence-electron chi connectivity index (χ0n) is 16.9. The molecule has 0 amide bonds. The van der Waals surface area contributed by atoms with Crippen LogP contribution in [0.4, 0.5) is 0 Å². The van der Waals surface area contributed by atoms with Crippen LogP contribution in [0.15, 0.2) is 0 Å². The highest BCUT2D eigenvalue weighted by atomic mass is 16.9. The molecular formula is C20H43NO3. The summed E-state index contributed by atoms with van der Waals surface area (Å²) in [5, 5.41) is 0. The molecule has 1 fully saturated rings. The van der Waals surface area contributed by atoms with Crippen LogP contribution in [0.3, 0.4) is 0 Å². The lowest BCUT2D eigenvalue weighted by molar-refractivity contribution is -0.377. The highest BCUT2D eigenvalue weighted by molar-refractivity contribution is 4.67. The van der Waals surface area contributed by atoms with Crippen LogP contribution < -0.4 is 5.73 Å². The van der Waals surface area contributed by atoms with Crippen molar-refractivity contribution in [1.82, 2.24) is 0 Å². The van der Waals surface area contributed by atoms with E-state index in [0.717, 1.165) is 6.42 Å². The smallest absolute Gasteiger partial charge is 0.284 e. The Morgan fingerprint density at radius 2 is 1.38 bits per heavy atom. The van der Waals surface area contributed by atoms with Crippen molar-refractivity contribution >= 4 is 0 Å². The Bertz CT molecular complexity index is 255. The SMILES string of the molecule is CCCCCCCCC(C)C(OC)(OC)OC.NC1CCCCC1. The van der Waals surface area contributed by atoms with Crippen molar-refractivity contribution in [1.29, 1.82) is 0 Å².